The van der Waals surface area contributed by atoms with E-state index in [4.69, 9.17) is 0 Å². The van der Waals surface area contributed by atoms with Crippen LogP contribution in [0.5, 0.6) is 0 Å². The van der Waals surface area contributed by atoms with E-state index in [0.717, 1.165) is 18.5 Å². The molecule has 0 unspecified atom stereocenters. The Morgan fingerprint density at radius 1 is 1.17 bits per heavy atom. The molecular formula is C22H24N2. The first-order valence-electron chi connectivity index (χ1n) is 8.17. The van der Waals surface area contributed by atoms with Crippen LogP contribution in [0.25, 0.3) is 10.8 Å². The fraction of sp³-hybridized carbons (Fsp3) is 0.318. The van der Waals surface area contributed by atoms with Gasteiger partial charge in [-0.25, -0.2) is 0 Å². The SMILES string of the molecule is CN(C/C=C/C#CC(C)(C)C)Cc1cc(C#N)cc2ccccc12. The molecule has 0 saturated carbocycles. The number of fused-ring (bicyclic) bond motifs is 1. The summed E-state index contributed by atoms with van der Waals surface area (Å²) >= 11 is 0. The summed E-state index contributed by atoms with van der Waals surface area (Å²) in [4.78, 5) is 2.22. The zero-order valence-electron chi connectivity index (χ0n) is 14.9. The largest absolute Gasteiger partial charge is 0.298 e. The Bertz CT molecular complexity index is 836. The molecule has 2 heteroatoms. The normalized spacial score (nSPS) is 11.5. The van der Waals surface area contributed by atoms with E-state index in [-0.39, 0.29) is 5.41 Å². The van der Waals surface area contributed by atoms with Gasteiger partial charge in [-0.1, -0.05) is 42.2 Å². The van der Waals surface area contributed by atoms with Crippen LogP contribution in [-0.4, -0.2) is 18.5 Å². The Hall–Kier alpha value is -2.55. The number of nitriles is 1. The Morgan fingerprint density at radius 3 is 2.62 bits per heavy atom. The minimum absolute atomic E-state index is 0.0346. The third-order valence-corrected chi connectivity index (χ3v) is 3.58. The first-order chi connectivity index (χ1) is 11.4. The summed E-state index contributed by atoms with van der Waals surface area (Å²) in [6, 6.07) is 14.4. The Balaban J connectivity index is 2.10. The Labute approximate surface area is 145 Å². The first-order valence-corrected chi connectivity index (χ1v) is 8.17. The van der Waals surface area contributed by atoms with Gasteiger partial charge < -0.3 is 0 Å². The predicted molar refractivity (Wildman–Crippen MR) is 101 cm³/mol. The molecule has 0 aliphatic rings. The van der Waals surface area contributed by atoms with E-state index in [0.29, 0.717) is 5.56 Å². The van der Waals surface area contributed by atoms with Crippen LogP contribution < -0.4 is 0 Å². The molecule has 0 atom stereocenters. The number of likely N-dealkylation sites (N-methyl/N-ethyl adjacent to an activating group) is 1. The molecule has 0 saturated heterocycles. The molecule has 0 aliphatic carbocycles. The summed E-state index contributed by atoms with van der Waals surface area (Å²) in [5.74, 6) is 6.29. The van der Waals surface area contributed by atoms with E-state index >= 15 is 0 Å². The van der Waals surface area contributed by atoms with Crippen molar-refractivity contribution in [2.45, 2.75) is 27.3 Å². The van der Waals surface area contributed by atoms with Crippen LogP contribution in [0.3, 0.4) is 0 Å². The van der Waals surface area contributed by atoms with Crippen molar-refractivity contribution in [3.8, 4) is 17.9 Å². The highest BCUT2D eigenvalue weighted by Crippen LogP contribution is 2.22. The van der Waals surface area contributed by atoms with Crippen molar-refractivity contribution in [1.82, 2.24) is 4.90 Å². The summed E-state index contributed by atoms with van der Waals surface area (Å²) in [5.41, 5.74) is 1.93. The van der Waals surface area contributed by atoms with E-state index in [1.807, 2.05) is 30.3 Å². The summed E-state index contributed by atoms with van der Waals surface area (Å²) in [7, 11) is 2.08. The molecule has 0 aliphatic heterocycles. The van der Waals surface area contributed by atoms with Crippen molar-refractivity contribution < 1.29 is 0 Å². The van der Waals surface area contributed by atoms with Crippen molar-refractivity contribution >= 4 is 10.8 Å². The zero-order chi connectivity index (χ0) is 17.6. The smallest absolute Gasteiger partial charge is 0.0991 e. The number of nitrogens with zero attached hydrogens (tertiary/aromatic N) is 2. The lowest BCUT2D eigenvalue weighted by atomic mass is 9.98. The molecule has 2 aromatic carbocycles. The lowest BCUT2D eigenvalue weighted by Crippen LogP contribution is -2.17. The summed E-state index contributed by atoms with van der Waals surface area (Å²) in [5, 5.41) is 11.6. The molecule has 0 amide bonds. The van der Waals surface area contributed by atoms with Gasteiger partial charge >= 0.3 is 0 Å². The maximum atomic E-state index is 9.23. The first kappa shape index (κ1) is 17.8. The van der Waals surface area contributed by atoms with E-state index in [1.54, 1.807) is 0 Å². The topological polar surface area (TPSA) is 27.0 Å². The Morgan fingerprint density at radius 2 is 1.92 bits per heavy atom. The molecule has 0 spiro atoms. The summed E-state index contributed by atoms with van der Waals surface area (Å²) in [6.07, 6.45) is 4.00. The third-order valence-electron chi connectivity index (χ3n) is 3.58. The molecule has 0 bridgehead atoms. The predicted octanol–water partition coefficient (Wildman–Crippen LogP) is 4.75. The second kappa shape index (κ2) is 7.82. The number of rotatable bonds is 4. The van der Waals surface area contributed by atoms with Crippen LogP contribution in [0.1, 0.15) is 31.9 Å². The fourth-order valence-corrected chi connectivity index (χ4v) is 2.49. The molecule has 122 valence electrons. The molecule has 24 heavy (non-hydrogen) atoms. The van der Waals surface area contributed by atoms with Gasteiger partial charge in [0.15, 0.2) is 0 Å². The van der Waals surface area contributed by atoms with Crippen molar-refractivity contribution in [3.63, 3.8) is 0 Å². The lowest BCUT2D eigenvalue weighted by Gasteiger charge is -2.16. The standard InChI is InChI=1S/C22H24N2/c1-22(2,3)12-8-5-9-13-24(4)17-20-15-18(16-23)14-19-10-6-7-11-21(19)20/h5-7,9-11,14-15H,13,17H2,1-4H3/b9-5+. The molecule has 2 nitrogen and oxygen atoms in total. The van der Waals surface area contributed by atoms with E-state index < -0.39 is 0 Å². The highest BCUT2D eigenvalue weighted by molar-refractivity contribution is 5.87. The van der Waals surface area contributed by atoms with Gasteiger partial charge in [-0.2, -0.15) is 5.26 Å². The molecule has 0 fully saturated rings. The van der Waals surface area contributed by atoms with Crippen LogP contribution in [0.15, 0.2) is 48.6 Å². The van der Waals surface area contributed by atoms with Gasteiger partial charge in [-0.05, 0) is 62.4 Å². The molecule has 0 aromatic heterocycles. The molecule has 0 radical (unpaired) electrons. The average Bonchev–Trinajstić information content (AvgIpc) is 2.53. The van der Waals surface area contributed by atoms with Crippen LogP contribution in [0.2, 0.25) is 0 Å². The Kier molecular flexibility index (Phi) is 5.80. The van der Waals surface area contributed by atoms with Crippen LogP contribution in [-0.2, 0) is 6.54 Å². The van der Waals surface area contributed by atoms with Gasteiger partial charge in [-0.3, -0.25) is 4.90 Å². The highest BCUT2D eigenvalue weighted by Gasteiger charge is 2.06. The highest BCUT2D eigenvalue weighted by atomic mass is 15.1. The van der Waals surface area contributed by atoms with Crippen molar-refractivity contribution in [3.05, 3.63) is 59.7 Å². The van der Waals surface area contributed by atoms with Crippen molar-refractivity contribution in [2.75, 3.05) is 13.6 Å². The lowest BCUT2D eigenvalue weighted by molar-refractivity contribution is 0.365. The summed E-state index contributed by atoms with van der Waals surface area (Å²) in [6.45, 7) is 7.94. The molecular weight excluding hydrogens is 292 g/mol. The second-order valence-corrected chi connectivity index (χ2v) is 7.09. The van der Waals surface area contributed by atoms with Crippen molar-refractivity contribution in [1.29, 1.82) is 5.26 Å². The van der Waals surface area contributed by atoms with E-state index in [2.05, 4.69) is 68.8 Å². The van der Waals surface area contributed by atoms with Crippen LogP contribution >= 0.6 is 0 Å². The minimum Gasteiger partial charge on any atom is -0.298 e. The monoisotopic (exact) mass is 316 g/mol. The molecule has 2 aromatic rings. The number of allylic oxidation sites excluding steroid dienone is 1. The van der Waals surface area contributed by atoms with Gasteiger partial charge in [0.1, 0.15) is 0 Å². The molecule has 2 rings (SSSR count). The third kappa shape index (κ3) is 5.27. The minimum atomic E-state index is 0.0346. The van der Waals surface area contributed by atoms with Crippen LogP contribution in [0, 0.1) is 28.6 Å². The van der Waals surface area contributed by atoms with Crippen LogP contribution in [0.4, 0.5) is 0 Å². The van der Waals surface area contributed by atoms with Gasteiger partial charge in [0.2, 0.25) is 0 Å². The number of hydrogen-bond donors (Lipinski definition) is 0. The van der Waals surface area contributed by atoms with Crippen molar-refractivity contribution in [2.24, 2.45) is 5.41 Å². The number of benzene rings is 2. The van der Waals surface area contributed by atoms with Gasteiger partial charge in [0, 0.05) is 18.5 Å². The maximum absolute atomic E-state index is 9.23. The van der Waals surface area contributed by atoms with Gasteiger partial charge in [0.25, 0.3) is 0 Å². The average molecular weight is 316 g/mol. The quantitative estimate of drug-likeness (QED) is 0.761. The fourth-order valence-electron chi connectivity index (χ4n) is 2.49. The molecule has 0 heterocycles. The second-order valence-electron chi connectivity index (χ2n) is 7.09. The number of hydrogen-bond acceptors (Lipinski definition) is 2. The summed E-state index contributed by atoms with van der Waals surface area (Å²) < 4.78 is 0. The van der Waals surface area contributed by atoms with Gasteiger partial charge in [0.05, 0.1) is 11.6 Å². The van der Waals surface area contributed by atoms with E-state index in [9.17, 15) is 5.26 Å². The zero-order valence-corrected chi connectivity index (χ0v) is 14.9. The van der Waals surface area contributed by atoms with Gasteiger partial charge in [-0.15, -0.1) is 0 Å². The molecule has 0 N–H and O–H groups in total. The maximum Gasteiger partial charge on any atom is 0.0991 e. The van der Waals surface area contributed by atoms with E-state index in [1.165, 1.54) is 10.9 Å².